The van der Waals surface area contributed by atoms with E-state index in [0.717, 1.165) is 10.6 Å². The highest BCUT2D eigenvalue weighted by Gasteiger charge is 2.45. The van der Waals surface area contributed by atoms with Crippen LogP contribution >= 0.6 is 21.6 Å². The highest BCUT2D eigenvalue weighted by atomic mass is 33.1. The number of phenolic OH excluding ortho intramolecular Hbond substituents is 2. The van der Waals surface area contributed by atoms with E-state index in [-0.39, 0.29) is 70.2 Å². The zero-order valence-corrected chi connectivity index (χ0v) is 23.7. The van der Waals surface area contributed by atoms with Crippen LogP contribution in [0.1, 0.15) is 61.9 Å². The molecule has 5 rings (SSSR count). The van der Waals surface area contributed by atoms with Crippen LogP contribution in [-0.2, 0) is 17.6 Å². The number of aromatic hydroxyl groups is 2. The number of aromatic nitrogens is 1. The molecule has 208 valence electrons. The van der Waals surface area contributed by atoms with Crippen molar-refractivity contribution in [2.24, 2.45) is 0 Å². The van der Waals surface area contributed by atoms with Crippen molar-refractivity contribution in [1.82, 2.24) is 10.3 Å². The van der Waals surface area contributed by atoms with Gasteiger partial charge in [0.2, 0.25) is 5.78 Å². The average Bonchev–Trinajstić information content (AvgIpc) is 2.95. The highest BCUT2D eigenvalue weighted by Crippen LogP contribution is 2.48. The monoisotopic (exact) mass is 580 g/mol. The zero-order chi connectivity index (χ0) is 28.8. The molecule has 1 amide bonds. The number of nitrogens with one attached hydrogen (secondary N) is 1. The number of carbonyl (C=O) groups is 3. The number of rotatable bonds is 7. The topological polar surface area (TPSA) is 146 Å². The molecule has 0 saturated heterocycles. The number of hydrogen-bond acceptors (Lipinski definition) is 10. The SMILES string of the molecule is COc1cccc2c1C(=O)c1c(O)c3c(c(O)c1C2=O)C[C@@](O)(C(=O)NCC(C)SSc1ccc(C)cn1)CC3. The zero-order valence-electron chi connectivity index (χ0n) is 22.1. The smallest absolute Gasteiger partial charge is 0.252 e. The molecule has 40 heavy (non-hydrogen) atoms. The Morgan fingerprint density at radius 1 is 1.10 bits per heavy atom. The Morgan fingerprint density at radius 2 is 1.82 bits per heavy atom. The van der Waals surface area contributed by atoms with Crippen molar-refractivity contribution >= 4 is 39.1 Å². The van der Waals surface area contributed by atoms with Crippen molar-refractivity contribution in [3.63, 3.8) is 0 Å². The van der Waals surface area contributed by atoms with Crippen molar-refractivity contribution in [3.8, 4) is 17.2 Å². The normalized spacial score (nSPS) is 18.4. The lowest BCUT2D eigenvalue weighted by atomic mass is 9.74. The van der Waals surface area contributed by atoms with E-state index >= 15 is 0 Å². The van der Waals surface area contributed by atoms with Gasteiger partial charge in [0.25, 0.3) is 5.91 Å². The van der Waals surface area contributed by atoms with Gasteiger partial charge in [0.1, 0.15) is 27.9 Å². The van der Waals surface area contributed by atoms with E-state index < -0.39 is 34.6 Å². The molecule has 1 aromatic heterocycles. The van der Waals surface area contributed by atoms with Crippen LogP contribution in [0.4, 0.5) is 0 Å². The Morgan fingerprint density at radius 3 is 2.52 bits per heavy atom. The number of pyridine rings is 1. The van der Waals surface area contributed by atoms with Crippen molar-refractivity contribution in [3.05, 3.63) is 75.5 Å². The maximum absolute atomic E-state index is 13.4. The lowest BCUT2D eigenvalue weighted by Crippen LogP contribution is -2.51. The second-order valence-electron chi connectivity index (χ2n) is 10.0. The van der Waals surface area contributed by atoms with Gasteiger partial charge in [-0.25, -0.2) is 4.98 Å². The van der Waals surface area contributed by atoms with Crippen LogP contribution in [0.15, 0.2) is 41.6 Å². The predicted molar refractivity (Wildman–Crippen MR) is 151 cm³/mol. The molecule has 0 spiro atoms. The van der Waals surface area contributed by atoms with Crippen LogP contribution in [0, 0.1) is 6.92 Å². The summed E-state index contributed by atoms with van der Waals surface area (Å²) in [5.74, 6) is -2.65. The van der Waals surface area contributed by atoms with Gasteiger partial charge in [-0.2, -0.15) is 0 Å². The summed E-state index contributed by atoms with van der Waals surface area (Å²) in [5.41, 5.74) is -1.05. The molecule has 1 unspecified atom stereocenters. The lowest BCUT2D eigenvalue weighted by molar-refractivity contribution is -0.140. The Kier molecular flexibility index (Phi) is 7.56. The van der Waals surface area contributed by atoms with Crippen molar-refractivity contribution in [1.29, 1.82) is 0 Å². The third kappa shape index (κ3) is 4.82. The molecule has 0 saturated carbocycles. The number of nitrogens with zero attached hydrogens (tertiary/aromatic N) is 1. The molecule has 2 aromatic carbocycles. The first-order chi connectivity index (χ1) is 19.1. The molecule has 2 atom stereocenters. The number of hydrogen-bond donors (Lipinski definition) is 4. The number of ketones is 2. The first kappa shape index (κ1) is 28.0. The minimum atomic E-state index is -1.87. The van der Waals surface area contributed by atoms with Gasteiger partial charge < -0.3 is 25.4 Å². The van der Waals surface area contributed by atoms with Crippen LogP contribution in [-0.4, -0.2) is 62.3 Å². The summed E-state index contributed by atoms with van der Waals surface area (Å²) in [6, 6.07) is 8.45. The first-order valence-corrected chi connectivity index (χ1v) is 14.9. The summed E-state index contributed by atoms with van der Waals surface area (Å²) in [6.45, 7) is 4.19. The maximum Gasteiger partial charge on any atom is 0.252 e. The average molecular weight is 581 g/mol. The first-order valence-electron chi connectivity index (χ1n) is 12.7. The molecule has 11 heteroatoms. The molecule has 2 aliphatic rings. The molecule has 0 bridgehead atoms. The molecular weight excluding hydrogens is 552 g/mol. The summed E-state index contributed by atoms with van der Waals surface area (Å²) < 4.78 is 5.26. The van der Waals surface area contributed by atoms with Crippen molar-refractivity contribution in [2.45, 2.75) is 49.0 Å². The van der Waals surface area contributed by atoms with Gasteiger partial charge in [-0.3, -0.25) is 14.4 Å². The van der Waals surface area contributed by atoms with E-state index in [1.165, 1.54) is 34.8 Å². The fraction of sp³-hybridized carbons (Fsp3) is 0.310. The van der Waals surface area contributed by atoms with Gasteiger partial charge in [0, 0.05) is 41.1 Å². The molecular formula is C29H28N2O7S2. The van der Waals surface area contributed by atoms with Gasteiger partial charge in [0.15, 0.2) is 5.78 Å². The van der Waals surface area contributed by atoms with Crippen LogP contribution in [0.25, 0.3) is 0 Å². The van der Waals surface area contributed by atoms with E-state index in [1.807, 2.05) is 26.0 Å². The standard InChI is InChI=1S/C29H28N2O7S2/c1-14-7-8-20(30-12-14)40-39-15(2)13-31-28(36)29(37)10-9-16-18(11-29)26(34)22-23(24(16)32)27(35)21-17(25(22)33)5-4-6-19(21)38-3/h4-8,12,15,32,34,37H,9-11,13H2,1-3H3,(H,31,36)/t15?,29-/m1/s1. The molecule has 3 aromatic rings. The van der Waals surface area contributed by atoms with E-state index in [9.17, 15) is 29.7 Å². The quantitative estimate of drug-likeness (QED) is 0.188. The molecule has 9 nitrogen and oxygen atoms in total. The van der Waals surface area contributed by atoms with Gasteiger partial charge in [0.05, 0.1) is 23.8 Å². The fourth-order valence-corrected chi connectivity index (χ4v) is 7.01. The van der Waals surface area contributed by atoms with Crippen molar-refractivity contribution < 1.29 is 34.4 Å². The largest absolute Gasteiger partial charge is 0.507 e. The molecule has 4 N–H and O–H groups in total. The van der Waals surface area contributed by atoms with Gasteiger partial charge >= 0.3 is 0 Å². The number of carbonyl (C=O) groups excluding carboxylic acids is 3. The predicted octanol–water partition coefficient (Wildman–Crippen LogP) is 3.75. The second kappa shape index (κ2) is 10.8. The van der Waals surface area contributed by atoms with E-state index in [2.05, 4.69) is 10.3 Å². The molecule has 2 aliphatic carbocycles. The van der Waals surface area contributed by atoms with E-state index in [1.54, 1.807) is 18.3 Å². The summed E-state index contributed by atoms with van der Waals surface area (Å²) in [5, 5.41) is 37.3. The number of benzene rings is 2. The van der Waals surface area contributed by atoms with Crippen molar-refractivity contribution in [2.75, 3.05) is 13.7 Å². The van der Waals surface area contributed by atoms with Gasteiger partial charge in [-0.15, -0.1) is 0 Å². The van der Waals surface area contributed by atoms with Crippen LogP contribution < -0.4 is 10.1 Å². The Bertz CT molecular complexity index is 1540. The minimum absolute atomic E-state index is 0.00156. The summed E-state index contributed by atoms with van der Waals surface area (Å²) in [6.07, 6.45) is 1.45. The number of methoxy groups -OCH3 is 1. The number of amides is 1. The van der Waals surface area contributed by atoms with E-state index in [0.29, 0.717) is 0 Å². The van der Waals surface area contributed by atoms with Crippen LogP contribution in [0.3, 0.4) is 0 Å². The van der Waals surface area contributed by atoms with E-state index in [4.69, 9.17) is 4.74 Å². The van der Waals surface area contributed by atoms with Crippen LogP contribution in [0.2, 0.25) is 0 Å². The number of phenols is 2. The molecule has 0 aliphatic heterocycles. The second-order valence-corrected chi connectivity index (χ2v) is 12.7. The third-order valence-electron chi connectivity index (χ3n) is 7.24. The Hall–Kier alpha value is -3.54. The summed E-state index contributed by atoms with van der Waals surface area (Å²) >= 11 is 0. The number of aliphatic hydroxyl groups is 1. The molecule has 0 fully saturated rings. The maximum atomic E-state index is 13.4. The number of aryl methyl sites for hydroxylation is 1. The Balaban J connectivity index is 1.35. The Labute approximate surface area is 238 Å². The lowest BCUT2D eigenvalue weighted by Gasteiger charge is -2.34. The summed E-state index contributed by atoms with van der Waals surface area (Å²) in [4.78, 5) is 44.3. The van der Waals surface area contributed by atoms with Gasteiger partial charge in [-0.05, 0) is 48.3 Å². The highest BCUT2D eigenvalue weighted by molar-refractivity contribution is 8.76. The molecule has 0 radical (unpaired) electrons. The minimum Gasteiger partial charge on any atom is -0.507 e. The van der Waals surface area contributed by atoms with Crippen LogP contribution in [0.5, 0.6) is 17.2 Å². The van der Waals surface area contributed by atoms with Gasteiger partial charge in [-0.1, -0.05) is 35.9 Å². The summed E-state index contributed by atoms with van der Waals surface area (Å²) in [7, 11) is 4.40. The number of fused-ring (bicyclic) bond motifs is 3. The third-order valence-corrected chi connectivity index (χ3v) is 10.0. The molecule has 1 heterocycles. The number of ether oxygens (including phenoxy) is 1. The fourth-order valence-electron chi connectivity index (χ4n) is 5.09.